The Bertz CT molecular complexity index is 352. The summed E-state index contributed by atoms with van der Waals surface area (Å²) in [5, 5.41) is 9.40. The van der Waals surface area contributed by atoms with Gasteiger partial charge in [0.15, 0.2) is 0 Å². The Kier molecular flexibility index (Phi) is 3.75. The van der Waals surface area contributed by atoms with Crippen LogP contribution in [-0.2, 0) is 6.18 Å². The molecule has 1 N–H and O–H groups in total. The monoisotopic (exact) mass is 230 g/mol. The third-order valence-electron chi connectivity index (χ3n) is 2.40. The van der Waals surface area contributed by atoms with Crippen molar-refractivity contribution in [3.05, 3.63) is 48.0 Å². The zero-order chi connectivity index (χ0) is 12.3. The van der Waals surface area contributed by atoms with Gasteiger partial charge in [-0.05, 0) is 24.6 Å². The molecule has 0 unspecified atom stereocenters. The van der Waals surface area contributed by atoms with Crippen molar-refractivity contribution < 1.29 is 18.3 Å². The first-order valence-corrected chi connectivity index (χ1v) is 4.84. The summed E-state index contributed by atoms with van der Waals surface area (Å²) in [6.45, 7) is 5.12. The van der Waals surface area contributed by atoms with Crippen LogP contribution in [0.2, 0.25) is 0 Å². The van der Waals surface area contributed by atoms with Crippen LogP contribution in [-0.4, -0.2) is 11.2 Å². The molecule has 0 aliphatic carbocycles. The molecule has 0 bridgehead atoms. The summed E-state index contributed by atoms with van der Waals surface area (Å²) in [7, 11) is 0. The summed E-state index contributed by atoms with van der Waals surface area (Å²) in [5.74, 6) is -0.345. The zero-order valence-corrected chi connectivity index (χ0v) is 8.83. The van der Waals surface area contributed by atoms with Crippen molar-refractivity contribution in [1.29, 1.82) is 0 Å². The Labute approximate surface area is 92.2 Å². The number of hydrogen-bond donors (Lipinski definition) is 1. The molecule has 0 spiro atoms. The van der Waals surface area contributed by atoms with Crippen LogP contribution in [0.4, 0.5) is 13.2 Å². The minimum Gasteiger partial charge on any atom is -0.392 e. The second-order valence-electron chi connectivity index (χ2n) is 3.62. The fourth-order valence-electron chi connectivity index (χ4n) is 1.51. The maximum Gasteiger partial charge on any atom is 0.416 e. The van der Waals surface area contributed by atoms with Gasteiger partial charge in [-0.1, -0.05) is 18.2 Å². The average molecular weight is 230 g/mol. The molecule has 0 saturated heterocycles. The fraction of sp³-hybridized carbons (Fsp3) is 0.333. The van der Waals surface area contributed by atoms with Gasteiger partial charge in [0.1, 0.15) is 0 Å². The highest BCUT2D eigenvalue weighted by molar-refractivity contribution is 5.29. The van der Waals surface area contributed by atoms with E-state index in [0.29, 0.717) is 5.56 Å². The molecule has 0 fully saturated rings. The molecule has 1 aromatic carbocycles. The average Bonchev–Trinajstić information content (AvgIpc) is 2.17. The van der Waals surface area contributed by atoms with Crippen LogP contribution in [0.5, 0.6) is 0 Å². The number of rotatable bonds is 3. The molecule has 16 heavy (non-hydrogen) atoms. The van der Waals surface area contributed by atoms with E-state index in [4.69, 9.17) is 0 Å². The van der Waals surface area contributed by atoms with Crippen LogP contribution in [0.25, 0.3) is 0 Å². The Morgan fingerprint density at radius 1 is 1.25 bits per heavy atom. The molecule has 2 atom stereocenters. The molecule has 0 aromatic heterocycles. The lowest BCUT2D eigenvalue weighted by atomic mass is 9.93. The number of aliphatic hydroxyl groups excluding tert-OH is 1. The van der Waals surface area contributed by atoms with Crippen LogP contribution in [0, 0.1) is 0 Å². The molecule has 1 aromatic rings. The third kappa shape index (κ3) is 2.85. The molecule has 0 aliphatic rings. The first-order valence-electron chi connectivity index (χ1n) is 4.84. The lowest BCUT2D eigenvalue weighted by Crippen LogP contribution is -2.12. The van der Waals surface area contributed by atoms with Gasteiger partial charge < -0.3 is 5.11 Å². The first kappa shape index (κ1) is 12.8. The predicted octanol–water partition coefficient (Wildman–Crippen LogP) is 3.36. The number of alkyl halides is 3. The van der Waals surface area contributed by atoms with Gasteiger partial charge in [0.25, 0.3) is 0 Å². The fourth-order valence-corrected chi connectivity index (χ4v) is 1.51. The summed E-state index contributed by atoms with van der Waals surface area (Å²) in [5.41, 5.74) is -0.0670. The SMILES string of the molecule is C=C[C@H](c1ccc(C(F)(F)F)cc1)[C@H](C)O. The van der Waals surface area contributed by atoms with Crippen molar-refractivity contribution in [2.45, 2.75) is 25.1 Å². The molecule has 1 nitrogen and oxygen atoms in total. The largest absolute Gasteiger partial charge is 0.416 e. The quantitative estimate of drug-likeness (QED) is 0.789. The first-order chi connectivity index (χ1) is 7.36. The van der Waals surface area contributed by atoms with Gasteiger partial charge in [0, 0.05) is 5.92 Å². The minimum atomic E-state index is -4.33. The van der Waals surface area contributed by atoms with Gasteiger partial charge in [0.2, 0.25) is 0 Å². The second kappa shape index (κ2) is 4.70. The number of benzene rings is 1. The molecule has 0 aliphatic heterocycles. The van der Waals surface area contributed by atoms with Crippen LogP contribution < -0.4 is 0 Å². The van der Waals surface area contributed by atoms with Gasteiger partial charge >= 0.3 is 6.18 Å². The molecule has 0 saturated carbocycles. The van der Waals surface area contributed by atoms with Crippen molar-refractivity contribution in [3.8, 4) is 0 Å². The molecule has 0 heterocycles. The molecular weight excluding hydrogens is 217 g/mol. The standard InChI is InChI=1S/C12H13F3O/c1-3-11(8(2)16)9-4-6-10(7-5-9)12(13,14)15/h3-8,11,16H,1H2,2H3/t8-,11-/m0/s1. The summed E-state index contributed by atoms with van der Waals surface area (Å²) < 4.78 is 36.9. The van der Waals surface area contributed by atoms with E-state index in [1.165, 1.54) is 18.2 Å². The minimum absolute atomic E-state index is 0.345. The van der Waals surface area contributed by atoms with Crippen molar-refractivity contribution in [3.63, 3.8) is 0 Å². The van der Waals surface area contributed by atoms with Crippen LogP contribution in [0.15, 0.2) is 36.9 Å². The van der Waals surface area contributed by atoms with Crippen molar-refractivity contribution >= 4 is 0 Å². The lowest BCUT2D eigenvalue weighted by Gasteiger charge is -2.16. The normalized spacial score (nSPS) is 15.6. The summed E-state index contributed by atoms with van der Waals surface area (Å²) in [6, 6.07) is 4.74. The molecule has 0 amide bonds. The maximum atomic E-state index is 12.3. The molecule has 88 valence electrons. The van der Waals surface area contributed by atoms with Gasteiger partial charge in [0.05, 0.1) is 11.7 Å². The van der Waals surface area contributed by atoms with E-state index in [-0.39, 0.29) is 5.92 Å². The number of halogens is 3. The smallest absolute Gasteiger partial charge is 0.392 e. The van der Waals surface area contributed by atoms with Crippen LogP contribution in [0.1, 0.15) is 24.0 Å². The van der Waals surface area contributed by atoms with Crippen molar-refractivity contribution in [2.75, 3.05) is 0 Å². The lowest BCUT2D eigenvalue weighted by molar-refractivity contribution is -0.137. The van der Waals surface area contributed by atoms with E-state index in [9.17, 15) is 18.3 Å². The molecule has 1 rings (SSSR count). The topological polar surface area (TPSA) is 20.2 Å². The van der Waals surface area contributed by atoms with Gasteiger partial charge in [-0.15, -0.1) is 6.58 Å². The van der Waals surface area contributed by atoms with Crippen molar-refractivity contribution in [2.24, 2.45) is 0 Å². The highest BCUT2D eigenvalue weighted by Crippen LogP contribution is 2.30. The van der Waals surface area contributed by atoms with Crippen LogP contribution >= 0.6 is 0 Å². The Hall–Kier alpha value is -1.29. The molecular formula is C12H13F3O. The van der Waals surface area contributed by atoms with Gasteiger partial charge in [-0.2, -0.15) is 13.2 Å². The van der Waals surface area contributed by atoms with E-state index in [1.54, 1.807) is 6.92 Å². The number of aliphatic hydroxyl groups is 1. The van der Waals surface area contributed by atoms with E-state index in [1.807, 2.05) is 0 Å². The van der Waals surface area contributed by atoms with E-state index < -0.39 is 17.8 Å². The summed E-state index contributed by atoms with van der Waals surface area (Å²) in [4.78, 5) is 0. The second-order valence-corrected chi connectivity index (χ2v) is 3.62. The predicted molar refractivity (Wildman–Crippen MR) is 56.1 cm³/mol. The Balaban J connectivity index is 2.98. The van der Waals surface area contributed by atoms with Crippen LogP contribution in [0.3, 0.4) is 0 Å². The third-order valence-corrected chi connectivity index (χ3v) is 2.40. The van der Waals surface area contributed by atoms with E-state index in [2.05, 4.69) is 6.58 Å². The summed E-state index contributed by atoms with van der Waals surface area (Å²) >= 11 is 0. The van der Waals surface area contributed by atoms with Gasteiger partial charge in [-0.3, -0.25) is 0 Å². The van der Waals surface area contributed by atoms with E-state index >= 15 is 0 Å². The van der Waals surface area contributed by atoms with Crippen molar-refractivity contribution in [1.82, 2.24) is 0 Å². The van der Waals surface area contributed by atoms with Gasteiger partial charge in [-0.25, -0.2) is 0 Å². The Morgan fingerprint density at radius 2 is 1.75 bits per heavy atom. The molecule has 4 heteroatoms. The highest BCUT2D eigenvalue weighted by atomic mass is 19.4. The Morgan fingerprint density at radius 3 is 2.06 bits per heavy atom. The number of hydrogen-bond acceptors (Lipinski definition) is 1. The maximum absolute atomic E-state index is 12.3. The van der Waals surface area contributed by atoms with E-state index in [0.717, 1.165) is 12.1 Å². The molecule has 0 radical (unpaired) electrons. The summed E-state index contributed by atoms with van der Waals surface area (Å²) in [6.07, 6.45) is -3.48. The zero-order valence-electron chi connectivity index (χ0n) is 8.83. The highest BCUT2D eigenvalue weighted by Gasteiger charge is 2.30.